The predicted molar refractivity (Wildman–Crippen MR) is 102 cm³/mol. The summed E-state index contributed by atoms with van der Waals surface area (Å²) in [5.41, 5.74) is 1.48. The minimum Gasteiger partial charge on any atom is -0.298 e. The number of nitrogens with zero attached hydrogens (tertiary/aromatic N) is 2. The van der Waals surface area contributed by atoms with Crippen LogP contribution in [0.1, 0.15) is 38.2 Å². The highest BCUT2D eigenvalue weighted by molar-refractivity contribution is 5.85. The molecule has 0 bridgehead atoms. The summed E-state index contributed by atoms with van der Waals surface area (Å²) >= 11 is 0. The lowest BCUT2D eigenvalue weighted by molar-refractivity contribution is 0.0519. The third-order valence-corrected chi connectivity index (χ3v) is 6.22. The lowest BCUT2D eigenvalue weighted by Gasteiger charge is -2.43. The molecule has 0 radical (unpaired) electrons. The molecular weight excluding hydrogens is 292 g/mol. The van der Waals surface area contributed by atoms with Gasteiger partial charge in [0, 0.05) is 38.8 Å². The molecule has 2 heteroatoms. The summed E-state index contributed by atoms with van der Waals surface area (Å²) in [4.78, 5) is 5.43. The van der Waals surface area contributed by atoms with E-state index >= 15 is 0 Å². The molecule has 2 aliphatic rings. The zero-order valence-electron chi connectivity index (χ0n) is 15.0. The molecular formula is C22H30N2. The SMILES string of the molecule is C[C@@H]1CCCC[C@H]1N1CCN(Cc2cccc3ccccc23)CC1. The number of rotatable bonds is 3. The summed E-state index contributed by atoms with van der Waals surface area (Å²) in [6.45, 7) is 8.49. The largest absolute Gasteiger partial charge is 0.298 e. The van der Waals surface area contributed by atoms with E-state index in [0.717, 1.165) is 18.5 Å². The highest BCUT2D eigenvalue weighted by Crippen LogP contribution is 2.29. The van der Waals surface area contributed by atoms with Crippen LogP contribution in [0.15, 0.2) is 42.5 Å². The van der Waals surface area contributed by atoms with Gasteiger partial charge in [-0.2, -0.15) is 0 Å². The first-order valence-electron chi connectivity index (χ1n) is 9.74. The van der Waals surface area contributed by atoms with E-state index in [2.05, 4.69) is 59.2 Å². The Balaban J connectivity index is 1.39. The van der Waals surface area contributed by atoms with Crippen LogP contribution in [0.5, 0.6) is 0 Å². The van der Waals surface area contributed by atoms with Gasteiger partial charge in [0.1, 0.15) is 0 Å². The molecule has 128 valence electrons. The molecule has 1 saturated carbocycles. The summed E-state index contributed by atoms with van der Waals surface area (Å²) in [6, 6.07) is 16.4. The van der Waals surface area contributed by atoms with Crippen molar-refractivity contribution < 1.29 is 0 Å². The van der Waals surface area contributed by atoms with Gasteiger partial charge >= 0.3 is 0 Å². The number of fused-ring (bicyclic) bond motifs is 1. The molecule has 1 aliphatic heterocycles. The maximum absolute atomic E-state index is 2.78. The van der Waals surface area contributed by atoms with Gasteiger partial charge in [-0.1, -0.05) is 62.2 Å². The van der Waals surface area contributed by atoms with E-state index < -0.39 is 0 Å². The second kappa shape index (κ2) is 7.25. The molecule has 0 spiro atoms. The summed E-state index contributed by atoms with van der Waals surface area (Å²) < 4.78 is 0. The average Bonchev–Trinajstić information content (AvgIpc) is 2.63. The third kappa shape index (κ3) is 3.36. The first-order valence-corrected chi connectivity index (χ1v) is 9.74. The number of benzene rings is 2. The molecule has 0 amide bonds. The van der Waals surface area contributed by atoms with Crippen LogP contribution in [0.25, 0.3) is 10.8 Å². The first kappa shape index (κ1) is 16.1. The van der Waals surface area contributed by atoms with Crippen LogP contribution in [-0.4, -0.2) is 42.0 Å². The van der Waals surface area contributed by atoms with Crippen molar-refractivity contribution in [3.05, 3.63) is 48.0 Å². The minimum absolute atomic E-state index is 0.846. The van der Waals surface area contributed by atoms with Crippen LogP contribution < -0.4 is 0 Å². The average molecular weight is 322 g/mol. The van der Waals surface area contributed by atoms with E-state index in [0.29, 0.717) is 0 Å². The zero-order valence-corrected chi connectivity index (χ0v) is 15.0. The highest BCUT2D eigenvalue weighted by Gasteiger charge is 2.29. The molecule has 2 fully saturated rings. The van der Waals surface area contributed by atoms with Crippen molar-refractivity contribution in [1.29, 1.82) is 0 Å². The van der Waals surface area contributed by atoms with E-state index in [4.69, 9.17) is 0 Å². The Kier molecular flexibility index (Phi) is 4.86. The van der Waals surface area contributed by atoms with E-state index in [1.807, 2.05) is 0 Å². The van der Waals surface area contributed by atoms with E-state index in [9.17, 15) is 0 Å². The van der Waals surface area contributed by atoms with Gasteiger partial charge in [-0.3, -0.25) is 9.80 Å². The molecule has 1 heterocycles. The maximum atomic E-state index is 2.78. The number of piperazine rings is 1. The van der Waals surface area contributed by atoms with Crippen LogP contribution in [-0.2, 0) is 6.54 Å². The predicted octanol–water partition coefficient (Wildman–Crippen LogP) is 4.54. The highest BCUT2D eigenvalue weighted by atomic mass is 15.3. The lowest BCUT2D eigenvalue weighted by atomic mass is 9.84. The molecule has 2 atom stereocenters. The van der Waals surface area contributed by atoms with Crippen molar-refractivity contribution in [2.24, 2.45) is 5.92 Å². The fourth-order valence-electron chi connectivity index (χ4n) is 4.76. The van der Waals surface area contributed by atoms with Crippen molar-refractivity contribution in [3.63, 3.8) is 0 Å². The zero-order chi connectivity index (χ0) is 16.4. The fourth-order valence-corrected chi connectivity index (χ4v) is 4.76. The van der Waals surface area contributed by atoms with Gasteiger partial charge in [-0.15, -0.1) is 0 Å². The summed E-state index contributed by atoms with van der Waals surface area (Å²) in [5.74, 6) is 0.892. The van der Waals surface area contributed by atoms with Crippen molar-refractivity contribution in [3.8, 4) is 0 Å². The van der Waals surface area contributed by atoms with Gasteiger partial charge in [0.2, 0.25) is 0 Å². The van der Waals surface area contributed by atoms with E-state index in [1.165, 1.54) is 68.2 Å². The molecule has 2 nitrogen and oxygen atoms in total. The van der Waals surface area contributed by atoms with Crippen LogP contribution in [0.4, 0.5) is 0 Å². The Morgan fingerprint density at radius 2 is 1.62 bits per heavy atom. The maximum Gasteiger partial charge on any atom is 0.0240 e. The van der Waals surface area contributed by atoms with E-state index in [1.54, 1.807) is 0 Å². The smallest absolute Gasteiger partial charge is 0.0240 e. The molecule has 0 unspecified atom stereocenters. The molecule has 2 aromatic carbocycles. The second-order valence-electron chi connectivity index (χ2n) is 7.78. The molecule has 2 aromatic rings. The number of hydrogen-bond donors (Lipinski definition) is 0. The lowest BCUT2D eigenvalue weighted by Crippen LogP contribution is -2.52. The van der Waals surface area contributed by atoms with Gasteiger partial charge in [-0.25, -0.2) is 0 Å². The van der Waals surface area contributed by atoms with Crippen LogP contribution >= 0.6 is 0 Å². The van der Waals surface area contributed by atoms with Gasteiger partial charge in [0.05, 0.1) is 0 Å². The summed E-state index contributed by atoms with van der Waals surface area (Å²) in [6.07, 6.45) is 5.73. The van der Waals surface area contributed by atoms with Crippen molar-refractivity contribution >= 4 is 10.8 Å². The first-order chi connectivity index (χ1) is 11.8. The van der Waals surface area contributed by atoms with E-state index in [-0.39, 0.29) is 0 Å². The molecule has 24 heavy (non-hydrogen) atoms. The Morgan fingerprint density at radius 3 is 2.46 bits per heavy atom. The standard InChI is InChI=1S/C22H30N2/c1-18-7-2-5-12-22(18)24-15-13-23(14-16-24)17-20-10-6-9-19-8-3-4-11-21(19)20/h3-4,6,8-11,18,22H,2,5,7,12-17H2,1H3/t18-,22-/m1/s1. The summed E-state index contributed by atoms with van der Waals surface area (Å²) in [7, 11) is 0. The van der Waals surface area contributed by atoms with Crippen molar-refractivity contribution in [2.75, 3.05) is 26.2 Å². The van der Waals surface area contributed by atoms with Gasteiger partial charge in [0.15, 0.2) is 0 Å². The molecule has 4 rings (SSSR count). The molecule has 0 aromatic heterocycles. The topological polar surface area (TPSA) is 6.48 Å². The van der Waals surface area contributed by atoms with Gasteiger partial charge < -0.3 is 0 Å². The molecule has 1 saturated heterocycles. The Morgan fingerprint density at radius 1 is 0.875 bits per heavy atom. The van der Waals surface area contributed by atoms with Crippen LogP contribution in [0.3, 0.4) is 0 Å². The quantitative estimate of drug-likeness (QED) is 0.819. The fraction of sp³-hybridized carbons (Fsp3) is 0.545. The summed E-state index contributed by atoms with van der Waals surface area (Å²) in [5, 5.41) is 2.79. The van der Waals surface area contributed by atoms with Crippen LogP contribution in [0, 0.1) is 5.92 Å². The second-order valence-corrected chi connectivity index (χ2v) is 7.78. The van der Waals surface area contributed by atoms with Crippen LogP contribution in [0.2, 0.25) is 0 Å². The van der Waals surface area contributed by atoms with Gasteiger partial charge in [-0.05, 0) is 35.1 Å². The third-order valence-electron chi connectivity index (χ3n) is 6.22. The minimum atomic E-state index is 0.846. The Labute approximate surface area is 146 Å². The van der Waals surface area contributed by atoms with Gasteiger partial charge in [0.25, 0.3) is 0 Å². The molecule has 0 N–H and O–H groups in total. The number of hydrogen-bond acceptors (Lipinski definition) is 2. The Bertz CT molecular complexity index is 667. The Hall–Kier alpha value is -1.38. The monoisotopic (exact) mass is 322 g/mol. The van der Waals surface area contributed by atoms with Crippen molar-refractivity contribution in [2.45, 2.75) is 45.2 Å². The normalized spacial score (nSPS) is 26.7. The molecule has 1 aliphatic carbocycles. The van der Waals surface area contributed by atoms with Crippen molar-refractivity contribution in [1.82, 2.24) is 9.80 Å².